The number of nitrogens with zero attached hydrogens (tertiary/aromatic N) is 3. The van der Waals surface area contributed by atoms with Crippen LogP contribution >= 0.6 is 23.1 Å². The molecule has 0 radical (unpaired) electrons. The van der Waals surface area contributed by atoms with E-state index in [9.17, 15) is 10.5 Å². The number of para-hydroxylation sites is 2. The van der Waals surface area contributed by atoms with Gasteiger partial charge in [0.1, 0.15) is 17.0 Å². The minimum Gasteiger partial charge on any atom is -0.300 e. The topological polar surface area (TPSA) is 52.5 Å². The molecule has 0 saturated heterocycles. The summed E-state index contributed by atoms with van der Waals surface area (Å²) in [5, 5.41) is 22.4. The number of thiophene rings is 1. The highest BCUT2D eigenvalue weighted by Crippen LogP contribution is 2.69. The second kappa shape index (κ2) is 7.71. The SMILES string of the molecule is CC1(C)Sc2cc(C#N)c(C#N)cc2-c2sc3c(c21)c1cccc2c1n3-c1ccccc1C21C2CC3CC(C2)CC1C3. The fourth-order valence-electron chi connectivity index (χ4n) is 10.6. The summed E-state index contributed by atoms with van der Waals surface area (Å²) in [6.45, 7) is 4.66. The molecule has 0 N–H and O–H groups in total. The molecule has 4 aliphatic carbocycles. The van der Waals surface area contributed by atoms with Crippen LogP contribution in [0.4, 0.5) is 0 Å². The van der Waals surface area contributed by atoms with Gasteiger partial charge in [-0.2, -0.15) is 10.5 Å². The molecule has 5 heteroatoms. The predicted molar refractivity (Wildman–Crippen MR) is 170 cm³/mol. The molecule has 3 aromatic carbocycles. The van der Waals surface area contributed by atoms with Gasteiger partial charge < -0.3 is 4.57 Å². The molecule has 4 bridgehead atoms. The highest BCUT2D eigenvalue weighted by atomic mass is 32.2. The van der Waals surface area contributed by atoms with Crippen LogP contribution in [-0.2, 0) is 10.2 Å². The van der Waals surface area contributed by atoms with E-state index < -0.39 is 0 Å². The van der Waals surface area contributed by atoms with Gasteiger partial charge in [0, 0.05) is 36.3 Å². The van der Waals surface area contributed by atoms with E-state index in [4.69, 9.17) is 0 Å². The Balaban J connectivity index is 1.34. The number of nitriles is 2. The molecule has 4 saturated carbocycles. The Morgan fingerprint density at radius 2 is 1.52 bits per heavy atom. The zero-order chi connectivity index (χ0) is 28.1. The van der Waals surface area contributed by atoms with E-state index >= 15 is 0 Å². The smallest absolute Gasteiger partial charge is 0.109 e. The summed E-state index contributed by atoms with van der Waals surface area (Å²) in [5.74, 6) is 3.31. The number of thioether (sulfide) groups is 1. The maximum absolute atomic E-state index is 9.87. The van der Waals surface area contributed by atoms with Crippen molar-refractivity contribution in [2.45, 2.75) is 61.0 Å². The summed E-state index contributed by atoms with van der Waals surface area (Å²) in [4.78, 5) is 3.67. The van der Waals surface area contributed by atoms with Crippen LogP contribution in [0.15, 0.2) is 59.5 Å². The number of benzene rings is 3. The molecule has 2 aromatic heterocycles. The second-order valence-corrected chi connectivity index (χ2v) is 16.6. The predicted octanol–water partition coefficient (Wildman–Crippen LogP) is 9.65. The summed E-state index contributed by atoms with van der Waals surface area (Å²) in [6, 6.07) is 25.0. The molecule has 204 valence electrons. The van der Waals surface area contributed by atoms with Gasteiger partial charge in [0.05, 0.1) is 22.3 Å². The molecule has 2 aliphatic heterocycles. The van der Waals surface area contributed by atoms with Crippen molar-refractivity contribution < 1.29 is 0 Å². The summed E-state index contributed by atoms with van der Waals surface area (Å²) in [6.07, 6.45) is 7.00. The van der Waals surface area contributed by atoms with Crippen molar-refractivity contribution in [1.82, 2.24) is 4.57 Å². The molecule has 4 heterocycles. The molecule has 0 amide bonds. The average Bonchev–Trinajstić information content (AvgIpc) is 3.53. The lowest BCUT2D eigenvalue weighted by atomic mass is 9.41. The molecular formula is C37H29N3S2. The summed E-state index contributed by atoms with van der Waals surface area (Å²) in [5.41, 5.74) is 9.49. The van der Waals surface area contributed by atoms with E-state index in [0.29, 0.717) is 11.1 Å². The zero-order valence-corrected chi connectivity index (χ0v) is 25.3. The van der Waals surface area contributed by atoms with E-state index in [1.54, 1.807) is 11.1 Å². The quantitative estimate of drug-likeness (QED) is 0.184. The summed E-state index contributed by atoms with van der Waals surface area (Å²) >= 11 is 3.71. The van der Waals surface area contributed by atoms with E-state index in [0.717, 1.165) is 34.1 Å². The normalized spacial score (nSPS) is 28.9. The Morgan fingerprint density at radius 3 is 2.26 bits per heavy atom. The third kappa shape index (κ3) is 2.62. The Kier molecular flexibility index (Phi) is 4.40. The molecule has 0 atom stereocenters. The van der Waals surface area contributed by atoms with Crippen LogP contribution < -0.4 is 0 Å². The lowest BCUT2D eigenvalue weighted by molar-refractivity contribution is -0.0418. The number of rotatable bonds is 0. The van der Waals surface area contributed by atoms with E-state index in [1.807, 2.05) is 35.2 Å². The monoisotopic (exact) mass is 579 g/mol. The van der Waals surface area contributed by atoms with E-state index in [1.165, 1.54) is 69.4 Å². The fourth-order valence-corrected chi connectivity index (χ4v) is 13.5. The molecule has 3 nitrogen and oxygen atoms in total. The molecule has 5 aromatic rings. The minimum atomic E-state index is -0.176. The number of hydrogen-bond acceptors (Lipinski definition) is 4. The first-order chi connectivity index (χ1) is 20.4. The molecule has 6 aliphatic rings. The Hall–Kier alpha value is -3.51. The van der Waals surface area contributed by atoms with Crippen LogP contribution in [0, 0.1) is 46.3 Å². The van der Waals surface area contributed by atoms with Gasteiger partial charge in [0.2, 0.25) is 0 Å². The van der Waals surface area contributed by atoms with Crippen molar-refractivity contribution >= 4 is 44.2 Å². The first-order valence-electron chi connectivity index (χ1n) is 15.3. The third-order valence-corrected chi connectivity index (χ3v) is 14.1. The zero-order valence-electron chi connectivity index (χ0n) is 23.7. The number of fused-ring (bicyclic) bond motifs is 9. The van der Waals surface area contributed by atoms with Crippen LogP contribution in [0.25, 0.3) is 37.2 Å². The molecular weight excluding hydrogens is 551 g/mol. The third-order valence-electron chi connectivity index (χ3n) is 11.7. The second-order valence-electron chi connectivity index (χ2n) is 13.9. The highest BCUT2D eigenvalue weighted by molar-refractivity contribution is 8.00. The van der Waals surface area contributed by atoms with Crippen LogP contribution in [-0.4, -0.2) is 4.57 Å². The van der Waals surface area contributed by atoms with Crippen molar-refractivity contribution in [1.29, 1.82) is 10.5 Å². The molecule has 4 fully saturated rings. The molecule has 1 spiro atoms. The van der Waals surface area contributed by atoms with Crippen LogP contribution in [0.1, 0.15) is 73.8 Å². The lowest BCUT2D eigenvalue weighted by Gasteiger charge is -2.63. The molecule has 11 rings (SSSR count). The van der Waals surface area contributed by atoms with Gasteiger partial charge >= 0.3 is 0 Å². The Labute approximate surface area is 253 Å². The maximum atomic E-state index is 9.87. The van der Waals surface area contributed by atoms with Gasteiger partial charge in [-0.05, 0) is 105 Å². The first-order valence-corrected chi connectivity index (χ1v) is 17.0. The average molecular weight is 580 g/mol. The van der Waals surface area contributed by atoms with Gasteiger partial charge in [0.25, 0.3) is 0 Å². The Bertz CT molecular complexity index is 2120. The fraction of sp³-hybridized carbons (Fsp3) is 0.351. The Morgan fingerprint density at radius 1 is 0.833 bits per heavy atom. The largest absolute Gasteiger partial charge is 0.300 e. The van der Waals surface area contributed by atoms with Crippen molar-refractivity contribution in [3.05, 3.63) is 82.4 Å². The van der Waals surface area contributed by atoms with Gasteiger partial charge in [-0.3, -0.25) is 0 Å². The number of hydrogen-bond donors (Lipinski definition) is 0. The van der Waals surface area contributed by atoms with Crippen LogP contribution in [0.5, 0.6) is 0 Å². The van der Waals surface area contributed by atoms with Crippen molar-refractivity contribution in [2.75, 3.05) is 0 Å². The van der Waals surface area contributed by atoms with Gasteiger partial charge in [-0.1, -0.05) is 36.4 Å². The highest BCUT2D eigenvalue weighted by Gasteiger charge is 2.61. The van der Waals surface area contributed by atoms with Crippen LogP contribution in [0.2, 0.25) is 0 Å². The van der Waals surface area contributed by atoms with E-state index in [-0.39, 0.29) is 10.2 Å². The minimum absolute atomic E-state index is 0.117. The van der Waals surface area contributed by atoms with Gasteiger partial charge in [-0.15, -0.1) is 23.1 Å². The van der Waals surface area contributed by atoms with Gasteiger partial charge in [-0.25, -0.2) is 0 Å². The first kappa shape index (κ1) is 24.0. The van der Waals surface area contributed by atoms with Crippen molar-refractivity contribution in [2.24, 2.45) is 23.7 Å². The lowest BCUT2D eigenvalue weighted by Crippen LogP contribution is -2.57. The maximum Gasteiger partial charge on any atom is 0.109 e. The van der Waals surface area contributed by atoms with Crippen molar-refractivity contribution in [3.63, 3.8) is 0 Å². The van der Waals surface area contributed by atoms with Crippen molar-refractivity contribution in [3.8, 4) is 28.3 Å². The number of aromatic nitrogens is 1. The van der Waals surface area contributed by atoms with E-state index in [2.05, 4.69) is 73.0 Å². The standard InChI is InChI=1S/C37H29N3S2/c1-36(2)32-31-25-6-5-8-28-33(25)40(35(31)41-34(32)26-15-21(17-38)22(18-39)16-30(26)42-36)29-9-4-3-7-27(29)37(28)23-11-19-10-20(13-23)14-24(37)12-19/h3-9,15-16,19-20,23-24H,10-14H2,1-2H3. The summed E-state index contributed by atoms with van der Waals surface area (Å²) in [7, 11) is 0. The van der Waals surface area contributed by atoms with Gasteiger partial charge in [0.15, 0.2) is 0 Å². The summed E-state index contributed by atoms with van der Waals surface area (Å²) < 4.78 is 2.44. The molecule has 0 unspecified atom stereocenters. The van der Waals surface area contributed by atoms with Crippen LogP contribution in [0.3, 0.4) is 0 Å². The molecule has 42 heavy (non-hydrogen) atoms.